The van der Waals surface area contributed by atoms with Gasteiger partial charge in [0.05, 0.1) is 19.9 Å². The maximum absolute atomic E-state index is 11.9. The second-order valence-corrected chi connectivity index (χ2v) is 5.39. The lowest BCUT2D eigenvalue weighted by atomic mass is 10.2. The van der Waals surface area contributed by atoms with E-state index in [9.17, 15) is 9.59 Å². The van der Waals surface area contributed by atoms with Crippen molar-refractivity contribution in [3.8, 4) is 11.5 Å². The highest BCUT2D eigenvalue weighted by Gasteiger charge is 2.10. The lowest BCUT2D eigenvalue weighted by Crippen LogP contribution is -2.20. The first kappa shape index (κ1) is 17.6. The van der Waals surface area contributed by atoms with Crippen LogP contribution in [0.1, 0.15) is 5.56 Å². The third-order valence-corrected chi connectivity index (χ3v) is 3.68. The Kier molecular flexibility index (Phi) is 6.39. The Bertz CT molecular complexity index is 725. The molecule has 0 radical (unpaired) electrons. The van der Waals surface area contributed by atoms with E-state index in [1.807, 2.05) is 16.8 Å². The number of methoxy groups -OCH3 is 2. The van der Waals surface area contributed by atoms with Crippen LogP contribution in [0.25, 0.3) is 6.08 Å². The van der Waals surface area contributed by atoms with Gasteiger partial charge in [-0.1, -0.05) is 0 Å². The molecule has 0 atom stereocenters. The van der Waals surface area contributed by atoms with E-state index in [0.29, 0.717) is 17.2 Å². The molecule has 0 bridgehead atoms. The number of amides is 1. The van der Waals surface area contributed by atoms with Crippen LogP contribution in [0, 0.1) is 0 Å². The number of esters is 1. The van der Waals surface area contributed by atoms with Gasteiger partial charge in [0.1, 0.15) is 11.5 Å². The maximum Gasteiger partial charge on any atom is 0.331 e. The van der Waals surface area contributed by atoms with Crippen molar-refractivity contribution in [2.45, 2.75) is 0 Å². The molecule has 6 nitrogen and oxygen atoms in total. The molecule has 0 unspecified atom stereocenters. The average molecular weight is 347 g/mol. The number of carbonyl (C=O) groups excluding carboxylic acids is 2. The fourth-order valence-corrected chi connectivity index (χ4v) is 2.44. The van der Waals surface area contributed by atoms with E-state index in [0.717, 1.165) is 5.56 Å². The number of anilines is 1. The summed E-state index contributed by atoms with van der Waals surface area (Å²) in [5, 5.41) is 6.42. The highest BCUT2D eigenvalue weighted by Crippen LogP contribution is 2.28. The lowest BCUT2D eigenvalue weighted by Gasteiger charge is -2.11. The van der Waals surface area contributed by atoms with Crippen LogP contribution >= 0.6 is 11.3 Å². The average Bonchev–Trinajstić information content (AvgIpc) is 3.12. The Morgan fingerprint density at radius 2 is 2.04 bits per heavy atom. The third-order valence-electron chi connectivity index (χ3n) is 2.98. The van der Waals surface area contributed by atoms with Gasteiger partial charge in [-0.05, 0) is 40.6 Å². The molecule has 126 valence electrons. The van der Waals surface area contributed by atoms with Gasteiger partial charge in [-0.3, -0.25) is 4.79 Å². The van der Waals surface area contributed by atoms with Gasteiger partial charge in [-0.25, -0.2) is 4.79 Å². The first-order valence-electron chi connectivity index (χ1n) is 7.01. The van der Waals surface area contributed by atoms with Crippen molar-refractivity contribution in [1.29, 1.82) is 0 Å². The first-order chi connectivity index (χ1) is 11.6. The molecule has 0 fully saturated rings. The maximum atomic E-state index is 11.9. The molecule has 1 N–H and O–H groups in total. The van der Waals surface area contributed by atoms with Gasteiger partial charge in [0, 0.05) is 12.1 Å². The largest absolute Gasteiger partial charge is 0.497 e. The molecule has 0 aliphatic carbocycles. The van der Waals surface area contributed by atoms with E-state index in [1.54, 1.807) is 24.3 Å². The molecule has 1 aromatic heterocycles. The van der Waals surface area contributed by atoms with Crippen LogP contribution in [0.2, 0.25) is 0 Å². The van der Waals surface area contributed by atoms with E-state index in [-0.39, 0.29) is 6.61 Å². The smallest absolute Gasteiger partial charge is 0.331 e. The van der Waals surface area contributed by atoms with Gasteiger partial charge in [-0.2, -0.15) is 11.3 Å². The molecule has 7 heteroatoms. The molecule has 0 aliphatic heterocycles. The van der Waals surface area contributed by atoms with Gasteiger partial charge >= 0.3 is 5.97 Å². The van der Waals surface area contributed by atoms with Crippen LogP contribution in [0.5, 0.6) is 11.5 Å². The highest BCUT2D eigenvalue weighted by molar-refractivity contribution is 7.08. The molecule has 1 heterocycles. The number of ether oxygens (including phenoxy) is 3. The molecule has 1 aromatic carbocycles. The Morgan fingerprint density at radius 3 is 2.71 bits per heavy atom. The number of nitrogens with one attached hydrogen (secondary N) is 1. The zero-order valence-electron chi connectivity index (χ0n) is 13.3. The normalized spacial score (nSPS) is 10.4. The topological polar surface area (TPSA) is 73.9 Å². The summed E-state index contributed by atoms with van der Waals surface area (Å²) in [6, 6.07) is 6.85. The predicted molar refractivity (Wildman–Crippen MR) is 92.5 cm³/mol. The van der Waals surface area contributed by atoms with Gasteiger partial charge in [0.2, 0.25) is 0 Å². The van der Waals surface area contributed by atoms with E-state index in [4.69, 9.17) is 14.2 Å². The first-order valence-corrected chi connectivity index (χ1v) is 7.95. The van der Waals surface area contributed by atoms with Gasteiger partial charge in [0.25, 0.3) is 5.91 Å². The van der Waals surface area contributed by atoms with E-state index >= 15 is 0 Å². The number of hydrogen-bond acceptors (Lipinski definition) is 6. The Labute approximate surface area is 143 Å². The second-order valence-electron chi connectivity index (χ2n) is 4.61. The van der Waals surface area contributed by atoms with Crippen molar-refractivity contribution in [3.05, 3.63) is 46.7 Å². The standard InChI is InChI=1S/C17H17NO5S/c1-21-13-4-5-14(15(9-13)22-2)18-16(19)10-23-17(20)6-3-12-7-8-24-11-12/h3-9,11H,10H2,1-2H3,(H,18,19)/b6-3+. The number of rotatable bonds is 7. The fourth-order valence-electron chi connectivity index (χ4n) is 1.81. The quantitative estimate of drug-likeness (QED) is 0.616. The van der Waals surface area contributed by atoms with Crippen molar-refractivity contribution in [2.24, 2.45) is 0 Å². The van der Waals surface area contributed by atoms with Crippen LogP contribution < -0.4 is 14.8 Å². The molecular weight excluding hydrogens is 330 g/mol. The minimum absolute atomic E-state index is 0.387. The monoisotopic (exact) mass is 347 g/mol. The molecule has 2 aromatic rings. The second kappa shape index (κ2) is 8.73. The van der Waals surface area contributed by atoms with Crippen LogP contribution in [-0.2, 0) is 14.3 Å². The molecule has 24 heavy (non-hydrogen) atoms. The molecule has 0 spiro atoms. The van der Waals surface area contributed by atoms with Crippen LogP contribution in [0.15, 0.2) is 41.1 Å². The van der Waals surface area contributed by atoms with Crippen molar-refractivity contribution in [2.75, 3.05) is 26.1 Å². The number of benzene rings is 1. The van der Waals surface area contributed by atoms with Crippen molar-refractivity contribution in [3.63, 3.8) is 0 Å². The number of hydrogen-bond donors (Lipinski definition) is 1. The fraction of sp³-hybridized carbons (Fsp3) is 0.176. The van der Waals surface area contributed by atoms with Gasteiger partial charge < -0.3 is 19.5 Å². The minimum Gasteiger partial charge on any atom is -0.497 e. The molecule has 0 aliphatic rings. The molecule has 1 amide bonds. The number of thiophene rings is 1. The van der Waals surface area contributed by atoms with Crippen molar-refractivity contribution >= 4 is 35.0 Å². The summed E-state index contributed by atoms with van der Waals surface area (Å²) in [4.78, 5) is 23.4. The van der Waals surface area contributed by atoms with Crippen LogP contribution in [0.3, 0.4) is 0 Å². The van der Waals surface area contributed by atoms with Crippen molar-refractivity contribution < 1.29 is 23.8 Å². The minimum atomic E-state index is -0.585. The lowest BCUT2D eigenvalue weighted by molar-refractivity contribution is -0.142. The summed E-state index contributed by atoms with van der Waals surface area (Å²) in [6.45, 7) is -0.387. The third kappa shape index (κ3) is 5.13. The van der Waals surface area contributed by atoms with Crippen LogP contribution in [-0.4, -0.2) is 32.7 Å². The molecular formula is C17H17NO5S. The number of carbonyl (C=O) groups is 2. The van der Waals surface area contributed by atoms with Gasteiger partial charge in [-0.15, -0.1) is 0 Å². The summed E-state index contributed by atoms with van der Waals surface area (Å²) < 4.78 is 15.2. The summed E-state index contributed by atoms with van der Waals surface area (Å²) in [5.41, 5.74) is 1.37. The van der Waals surface area contributed by atoms with E-state index < -0.39 is 11.9 Å². The highest BCUT2D eigenvalue weighted by atomic mass is 32.1. The Morgan fingerprint density at radius 1 is 1.21 bits per heavy atom. The van der Waals surface area contributed by atoms with E-state index in [2.05, 4.69) is 5.32 Å². The summed E-state index contributed by atoms with van der Waals surface area (Å²) in [6.07, 6.45) is 2.91. The predicted octanol–water partition coefficient (Wildman–Crippen LogP) is 2.96. The molecule has 0 saturated carbocycles. The van der Waals surface area contributed by atoms with E-state index in [1.165, 1.54) is 31.6 Å². The zero-order chi connectivity index (χ0) is 17.4. The summed E-state index contributed by atoms with van der Waals surface area (Å²) in [7, 11) is 3.02. The summed E-state index contributed by atoms with van der Waals surface area (Å²) in [5.74, 6) is 0.00928. The van der Waals surface area contributed by atoms with Gasteiger partial charge in [0.15, 0.2) is 6.61 Å². The van der Waals surface area contributed by atoms with Crippen molar-refractivity contribution in [1.82, 2.24) is 0 Å². The molecule has 2 rings (SSSR count). The Hall–Kier alpha value is -2.80. The summed E-state index contributed by atoms with van der Waals surface area (Å²) >= 11 is 1.53. The Balaban J connectivity index is 1.86. The molecule has 0 saturated heterocycles. The zero-order valence-corrected chi connectivity index (χ0v) is 14.1. The van der Waals surface area contributed by atoms with Crippen LogP contribution in [0.4, 0.5) is 5.69 Å². The SMILES string of the molecule is COc1ccc(NC(=O)COC(=O)/C=C/c2ccsc2)c(OC)c1.